The maximum atomic E-state index is 13.2. The third-order valence-electron chi connectivity index (χ3n) is 5.38. The van der Waals surface area contributed by atoms with Crippen LogP contribution in [0.3, 0.4) is 0 Å². The molecule has 0 fully saturated rings. The van der Waals surface area contributed by atoms with Gasteiger partial charge in [-0.05, 0) is 42.8 Å². The number of benzene rings is 2. The third kappa shape index (κ3) is 3.16. The van der Waals surface area contributed by atoms with Crippen molar-refractivity contribution in [3.05, 3.63) is 89.1 Å². The van der Waals surface area contributed by atoms with E-state index in [2.05, 4.69) is 4.98 Å². The van der Waals surface area contributed by atoms with E-state index in [1.54, 1.807) is 25.3 Å². The molecule has 0 unspecified atom stereocenters. The van der Waals surface area contributed by atoms with Gasteiger partial charge < -0.3 is 14.3 Å². The number of carbonyl (C=O) groups excluding carboxylic acids is 2. The van der Waals surface area contributed by atoms with Crippen LogP contribution in [-0.2, 0) is 4.79 Å². The lowest BCUT2D eigenvalue weighted by Crippen LogP contribution is -2.30. The van der Waals surface area contributed by atoms with Crippen LogP contribution in [0.1, 0.15) is 27.7 Å². The first kappa shape index (κ1) is 20.0. The van der Waals surface area contributed by atoms with Gasteiger partial charge >= 0.3 is 0 Å². The number of anilines is 1. The summed E-state index contributed by atoms with van der Waals surface area (Å²) in [6.07, 6.45) is 1.38. The summed E-state index contributed by atoms with van der Waals surface area (Å²) < 4.78 is 11.4. The van der Waals surface area contributed by atoms with E-state index in [1.807, 2.05) is 37.3 Å². The number of ether oxygens (including phenoxy) is 1. The first-order chi connectivity index (χ1) is 15.5. The molecule has 0 saturated carbocycles. The molecule has 1 amide bonds. The highest BCUT2D eigenvalue weighted by Crippen LogP contribution is 2.44. The maximum Gasteiger partial charge on any atom is 0.296 e. The molecule has 1 aliphatic heterocycles. The molecule has 1 N–H and O–H groups in total. The molecule has 8 heteroatoms. The smallest absolute Gasteiger partial charge is 0.296 e. The Bertz CT molecular complexity index is 1370. The van der Waals surface area contributed by atoms with Gasteiger partial charge in [0.1, 0.15) is 5.75 Å². The monoisotopic (exact) mass is 446 g/mol. The van der Waals surface area contributed by atoms with Crippen LogP contribution >= 0.6 is 11.3 Å². The van der Waals surface area contributed by atoms with Gasteiger partial charge in [-0.15, -0.1) is 0 Å². The standard InChI is InChI=1S/C24H18N2O5S/c1-13-5-7-14(8-6-13)20-19(21(27)17-4-3-11-31-17)22(28)23(29)26(20)24-25-16-10-9-15(30-2)12-18(16)32-24/h3-12,20,28H,1-2H3/t20-/m1/s1. The Morgan fingerprint density at radius 3 is 2.66 bits per heavy atom. The molecule has 2 aromatic carbocycles. The van der Waals surface area contributed by atoms with Crippen molar-refractivity contribution in [1.29, 1.82) is 0 Å². The Kier molecular flexibility index (Phi) is 4.79. The molecule has 4 aromatic rings. The molecular weight excluding hydrogens is 428 g/mol. The summed E-state index contributed by atoms with van der Waals surface area (Å²) in [6, 6.07) is 15.1. The highest BCUT2D eigenvalue weighted by Gasteiger charge is 2.46. The highest BCUT2D eigenvalue weighted by atomic mass is 32.1. The molecule has 0 bridgehead atoms. The number of furan rings is 1. The number of aryl methyl sites for hydroxylation is 1. The summed E-state index contributed by atoms with van der Waals surface area (Å²) >= 11 is 1.28. The molecule has 160 valence electrons. The van der Waals surface area contributed by atoms with E-state index >= 15 is 0 Å². The number of hydrogen-bond donors (Lipinski definition) is 1. The van der Waals surface area contributed by atoms with Gasteiger partial charge in [-0.1, -0.05) is 41.2 Å². The van der Waals surface area contributed by atoms with Crippen molar-refractivity contribution in [3.8, 4) is 5.75 Å². The normalized spacial score (nSPS) is 16.2. The molecule has 7 nitrogen and oxygen atoms in total. The summed E-state index contributed by atoms with van der Waals surface area (Å²) in [5.41, 5.74) is 2.36. The van der Waals surface area contributed by atoms with Gasteiger partial charge in [0.25, 0.3) is 5.91 Å². The summed E-state index contributed by atoms with van der Waals surface area (Å²) in [5, 5.41) is 11.2. The lowest BCUT2D eigenvalue weighted by Gasteiger charge is -2.24. The minimum Gasteiger partial charge on any atom is -0.503 e. The van der Waals surface area contributed by atoms with E-state index in [0.717, 1.165) is 10.3 Å². The van der Waals surface area contributed by atoms with Crippen LogP contribution in [-0.4, -0.2) is 28.9 Å². The van der Waals surface area contributed by atoms with Crippen LogP contribution in [0.5, 0.6) is 5.75 Å². The van der Waals surface area contributed by atoms with Gasteiger partial charge in [-0.3, -0.25) is 14.5 Å². The summed E-state index contributed by atoms with van der Waals surface area (Å²) in [6.45, 7) is 1.95. The molecule has 1 atom stereocenters. The molecule has 1 aliphatic rings. The average molecular weight is 446 g/mol. The molecule has 0 radical (unpaired) electrons. The van der Waals surface area contributed by atoms with Crippen molar-refractivity contribution in [1.82, 2.24) is 4.98 Å². The van der Waals surface area contributed by atoms with E-state index in [1.165, 1.54) is 28.6 Å². The SMILES string of the molecule is COc1ccc2nc(N3C(=O)C(O)=C(C(=O)c4ccco4)[C@H]3c3ccc(C)cc3)sc2c1. The Hall–Kier alpha value is -3.91. The van der Waals surface area contributed by atoms with Gasteiger partial charge in [-0.2, -0.15) is 0 Å². The first-order valence-electron chi connectivity index (χ1n) is 9.84. The van der Waals surface area contributed by atoms with Crippen molar-refractivity contribution in [3.63, 3.8) is 0 Å². The van der Waals surface area contributed by atoms with Gasteiger partial charge in [-0.25, -0.2) is 4.98 Å². The molecule has 2 aromatic heterocycles. The lowest BCUT2D eigenvalue weighted by atomic mass is 9.94. The van der Waals surface area contributed by atoms with Crippen LogP contribution in [0.25, 0.3) is 10.2 Å². The number of carbonyl (C=O) groups is 2. The van der Waals surface area contributed by atoms with Crippen molar-refractivity contribution >= 4 is 38.4 Å². The molecule has 3 heterocycles. The maximum absolute atomic E-state index is 13.2. The zero-order chi connectivity index (χ0) is 22.4. The second-order valence-corrected chi connectivity index (χ2v) is 8.40. The fourth-order valence-electron chi connectivity index (χ4n) is 3.76. The molecular formula is C24H18N2O5S. The number of ketones is 1. The average Bonchev–Trinajstić information content (AvgIpc) is 3.52. The van der Waals surface area contributed by atoms with Crippen molar-refractivity contribution < 1.29 is 23.8 Å². The Labute approximate surface area is 187 Å². The summed E-state index contributed by atoms with van der Waals surface area (Å²) in [7, 11) is 1.58. The number of aromatic nitrogens is 1. The number of aliphatic hydroxyl groups excluding tert-OH is 1. The molecule has 0 saturated heterocycles. The summed E-state index contributed by atoms with van der Waals surface area (Å²) in [5.74, 6) is -1.11. The number of Topliss-reactive ketones (excluding diaryl/α,β-unsaturated/α-hetero) is 1. The minimum absolute atomic E-state index is 0.0364. The molecule has 0 spiro atoms. The summed E-state index contributed by atoms with van der Waals surface area (Å²) in [4.78, 5) is 32.4. The van der Waals surface area contributed by atoms with Crippen LogP contribution in [0.4, 0.5) is 5.13 Å². The highest BCUT2D eigenvalue weighted by molar-refractivity contribution is 7.22. The second-order valence-electron chi connectivity index (χ2n) is 7.39. The Morgan fingerprint density at radius 2 is 1.97 bits per heavy atom. The van der Waals surface area contributed by atoms with Crippen LogP contribution in [0.15, 0.2) is 76.6 Å². The van der Waals surface area contributed by atoms with Gasteiger partial charge in [0.05, 0.1) is 35.2 Å². The first-order valence-corrected chi connectivity index (χ1v) is 10.7. The Balaban J connectivity index is 1.67. The lowest BCUT2D eigenvalue weighted by molar-refractivity contribution is -0.117. The zero-order valence-corrected chi connectivity index (χ0v) is 18.1. The number of aliphatic hydroxyl groups is 1. The van der Waals surface area contributed by atoms with Crippen molar-refractivity contribution in [2.24, 2.45) is 0 Å². The quantitative estimate of drug-likeness (QED) is 0.434. The number of rotatable bonds is 5. The van der Waals surface area contributed by atoms with E-state index in [-0.39, 0.29) is 11.3 Å². The number of methoxy groups -OCH3 is 1. The van der Waals surface area contributed by atoms with Crippen LogP contribution in [0, 0.1) is 6.92 Å². The number of thiazole rings is 1. The third-order valence-corrected chi connectivity index (χ3v) is 6.40. The van der Waals surface area contributed by atoms with Crippen LogP contribution < -0.4 is 9.64 Å². The molecule has 0 aliphatic carbocycles. The Morgan fingerprint density at radius 1 is 1.19 bits per heavy atom. The topological polar surface area (TPSA) is 92.9 Å². The number of amides is 1. The number of fused-ring (bicyclic) bond motifs is 1. The van der Waals surface area contributed by atoms with E-state index in [9.17, 15) is 14.7 Å². The van der Waals surface area contributed by atoms with Gasteiger partial charge in [0, 0.05) is 0 Å². The fourth-order valence-corrected chi connectivity index (χ4v) is 4.78. The minimum atomic E-state index is -0.844. The van der Waals surface area contributed by atoms with E-state index in [0.29, 0.717) is 22.0 Å². The van der Waals surface area contributed by atoms with E-state index in [4.69, 9.17) is 9.15 Å². The zero-order valence-electron chi connectivity index (χ0n) is 17.2. The van der Waals surface area contributed by atoms with Crippen molar-refractivity contribution in [2.45, 2.75) is 13.0 Å². The van der Waals surface area contributed by atoms with Crippen molar-refractivity contribution in [2.75, 3.05) is 12.0 Å². The fraction of sp³-hybridized carbons (Fsp3) is 0.125. The molecule has 5 rings (SSSR count). The number of nitrogens with zero attached hydrogens (tertiary/aromatic N) is 2. The van der Waals surface area contributed by atoms with Crippen LogP contribution in [0.2, 0.25) is 0 Å². The second kappa shape index (κ2) is 7.65. The van der Waals surface area contributed by atoms with Gasteiger partial charge in [0.2, 0.25) is 5.78 Å². The van der Waals surface area contributed by atoms with Gasteiger partial charge in [0.15, 0.2) is 16.7 Å². The number of hydrogen-bond acceptors (Lipinski definition) is 7. The largest absolute Gasteiger partial charge is 0.503 e. The predicted molar refractivity (Wildman–Crippen MR) is 120 cm³/mol. The van der Waals surface area contributed by atoms with E-state index < -0.39 is 23.5 Å². The predicted octanol–water partition coefficient (Wildman–Crippen LogP) is 4.99. The molecule has 32 heavy (non-hydrogen) atoms.